The molecule has 0 radical (unpaired) electrons. The topological polar surface area (TPSA) is 0 Å². The first-order valence-corrected chi connectivity index (χ1v) is 15.4. The molecular formula is CH4I3-. The van der Waals surface area contributed by atoms with Crippen molar-refractivity contribution >= 4 is 31.7 Å². The predicted octanol–water partition coefficient (Wildman–Crippen LogP) is -1.33. The summed E-state index contributed by atoms with van der Waals surface area (Å²) in [6.45, 7) is 0. The Morgan fingerprint density at radius 2 is 2.75 bits per heavy atom. The van der Waals surface area contributed by atoms with Crippen molar-refractivity contribution in [3.8, 4) is 0 Å². The monoisotopic (exact) mass is 398 g/mol. The third-order valence-electron chi connectivity index (χ3n) is 0.0540. The second-order valence-electron chi connectivity index (χ2n) is 0.197. The molecule has 0 saturated heterocycles. The van der Waals surface area contributed by atoms with Gasteiger partial charge in [-0.2, -0.15) is 0 Å². The molecule has 4 heavy (non-hydrogen) atoms. The average Bonchev–Trinajstić information content (AvgIpc) is 1.38. The molecule has 0 aliphatic carbocycles. The van der Waals surface area contributed by atoms with E-state index in [1.807, 2.05) is 0 Å². The summed E-state index contributed by atoms with van der Waals surface area (Å²) in [6, 6.07) is 0. The van der Waals surface area contributed by atoms with Crippen LogP contribution in [0.1, 0.15) is 0 Å². The number of hydrogen-bond donors (Lipinski definition) is 0. The summed E-state index contributed by atoms with van der Waals surface area (Å²) in [6.07, 6.45) is 0. The van der Waals surface area contributed by atoms with Gasteiger partial charge in [-0.25, -0.2) is 0 Å². The Morgan fingerprint density at radius 1 is 2.50 bits per heavy atom. The first-order valence-electron chi connectivity index (χ1n) is 1.04. The summed E-state index contributed by atoms with van der Waals surface area (Å²) in [5.74, 6) is 0. The summed E-state index contributed by atoms with van der Waals surface area (Å²) in [5, 5.41) is 0. The minimum absolute atomic E-state index is 0.358. The number of halogens is 3. The molecule has 0 aliphatic heterocycles. The van der Waals surface area contributed by atoms with Crippen LogP contribution in [-0.2, 0) is 0 Å². The quantitative estimate of drug-likeness (QED) is 0.380. The van der Waals surface area contributed by atoms with Gasteiger partial charge in [0.1, 0.15) is 0 Å². The third-order valence-corrected chi connectivity index (χ3v) is 16.3. The van der Waals surface area contributed by atoms with Gasteiger partial charge in [0.25, 0.3) is 0 Å². The summed E-state index contributed by atoms with van der Waals surface area (Å²) in [5.41, 5.74) is 0. The zero-order chi connectivity index (χ0) is 4.28. The first-order chi connectivity index (χ1) is 2.27. The summed E-state index contributed by atoms with van der Waals surface area (Å²) in [7, 11) is 0. The van der Waals surface area contributed by atoms with Crippen molar-refractivity contribution in [3.63, 3.8) is 0 Å². The van der Waals surface area contributed by atoms with Gasteiger partial charge in [0.2, 0.25) is 0 Å². The maximum atomic E-state index is 7.02. The van der Waals surface area contributed by atoms with Crippen molar-refractivity contribution < 1.29 is 17.2 Å². The Morgan fingerprint density at radius 3 is 2.75 bits per heavy atom. The van der Waals surface area contributed by atoms with Crippen LogP contribution in [0, 0.1) is 0 Å². The predicted molar refractivity (Wildman–Crippen MR) is 35.4 cm³/mol. The Kier molecular flexibility index (Phi) is 5.65. The van der Waals surface area contributed by atoms with Gasteiger partial charge in [-0.3, -0.25) is 0 Å². The van der Waals surface area contributed by atoms with Crippen LogP contribution in [0.25, 0.3) is 0 Å². The molecule has 0 aliphatic rings. The van der Waals surface area contributed by atoms with E-state index in [1.165, 1.54) is 0 Å². The van der Waals surface area contributed by atoms with E-state index < -0.39 is 13.1 Å². The average molecular weight is 398 g/mol. The van der Waals surface area contributed by atoms with E-state index in [4.69, 9.17) is 0.594 Å². The third kappa shape index (κ3) is 4.19. The fourth-order valence-corrected chi connectivity index (χ4v) is 0. The molecule has 0 spiro atoms. The van der Waals surface area contributed by atoms with Crippen LogP contribution in [0.3, 0.4) is 0 Å². The summed E-state index contributed by atoms with van der Waals surface area (Å²) in [4.78, 5) is 2.18. The zero-order valence-corrected chi connectivity index (χ0v) is 8.61. The van der Waals surface area contributed by atoms with Crippen molar-refractivity contribution in [1.82, 2.24) is 0 Å². The van der Waals surface area contributed by atoms with Crippen molar-refractivity contribution in [1.29, 1.82) is 0.594 Å². The summed E-state index contributed by atoms with van der Waals surface area (Å²) < 4.78 is 7.02. The minimum atomic E-state index is -0.952. The van der Waals surface area contributed by atoms with Crippen LogP contribution in [0.5, 0.6) is 0 Å². The zero-order valence-electron chi connectivity index (χ0n) is 3.13. The van der Waals surface area contributed by atoms with E-state index in [9.17, 15) is 0 Å². The normalized spacial score (nSPS) is 15.5. The molecule has 0 heterocycles. The molecule has 0 amide bonds. The standard InChI is InChI=1S/CH4I3/c1-3-4-2/h4H,1H3/q-1/i4D. The Labute approximate surface area is 53.3 Å². The molecule has 0 unspecified atom stereocenters. The van der Waals surface area contributed by atoms with Gasteiger partial charge in [0, 0.05) is 0 Å². The van der Waals surface area contributed by atoms with Crippen LogP contribution in [0.15, 0.2) is 0 Å². The van der Waals surface area contributed by atoms with Crippen molar-refractivity contribution in [3.05, 3.63) is 0 Å². The fraction of sp³-hybridized carbons (Fsp3) is 1.00. The fourth-order valence-electron chi connectivity index (χ4n) is 0. The molecule has 0 aromatic heterocycles. The van der Waals surface area contributed by atoms with Gasteiger partial charge in [-0.15, -0.1) is 0 Å². The summed E-state index contributed by atoms with van der Waals surface area (Å²) >= 11 is 1.68. The van der Waals surface area contributed by atoms with Crippen molar-refractivity contribution in [2.45, 2.75) is 0 Å². The molecule has 0 N–H and O–H groups in total. The second-order valence-corrected chi connectivity index (χ2v) is 22.7. The van der Waals surface area contributed by atoms with E-state index in [0.717, 1.165) is 0 Å². The molecule has 3 heteroatoms. The molecule has 0 atom stereocenters. The van der Waals surface area contributed by atoms with Crippen LogP contribution < -0.4 is 17.2 Å². The molecule has 0 nitrogen and oxygen atoms in total. The van der Waals surface area contributed by atoms with E-state index in [-0.39, 0.29) is 0 Å². The molecular weight excluding hydrogens is 393 g/mol. The van der Waals surface area contributed by atoms with Gasteiger partial charge < -0.3 is 0 Å². The Hall–Kier alpha value is 2.19. The van der Waals surface area contributed by atoms with Crippen LogP contribution in [0.2, 0.25) is 0 Å². The Bertz CT molecular complexity index is 20.9. The van der Waals surface area contributed by atoms with Crippen LogP contribution in [-0.4, -0.2) is 5.52 Å². The van der Waals surface area contributed by atoms with E-state index >= 15 is 0 Å². The molecule has 0 aromatic rings. The molecule has 0 saturated carbocycles. The van der Waals surface area contributed by atoms with E-state index in [0.29, 0.717) is 17.2 Å². The molecule has 0 bridgehead atoms. The first kappa shape index (κ1) is 4.35. The Balaban J connectivity index is 2.54. The van der Waals surface area contributed by atoms with E-state index in [1.54, 1.807) is 0 Å². The van der Waals surface area contributed by atoms with Gasteiger partial charge in [-0.05, 0) is 0 Å². The SMILES string of the molecule is [2H]I(I)[I-]C. The van der Waals surface area contributed by atoms with E-state index in [2.05, 4.69) is 23.5 Å². The molecule has 0 rings (SSSR count). The molecule has 0 fully saturated rings. The number of alkyl halides is 1. The van der Waals surface area contributed by atoms with Crippen LogP contribution >= 0.6 is 31.7 Å². The number of hydrogen-bond acceptors (Lipinski definition) is 0. The van der Waals surface area contributed by atoms with Gasteiger partial charge in [0.05, 0.1) is 0 Å². The van der Waals surface area contributed by atoms with Gasteiger partial charge in [0.15, 0.2) is 0 Å². The van der Waals surface area contributed by atoms with Gasteiger partial charge >= 0.3 is 54.4 Å². The van der Waals surface area contributed by atoms with Crippen LogP contribution in [0.4, 0.5) is 0 Å². The molecule has 30 valence electrons. The number of rotatable bonds is 1. The second kappa shape index (κ2) is 5.19. The van der Waals surface area contributed by atoms with Crippen molar-refractivity contribution in [2.24, 2.45) is 0 Å². The molecule has 0 aromatic carbocycles. The maximum absolute atomic E-state index is 7.02. The van der Waals surface area contributed by atoms with Crippen molar-refractivity contribution in [2.75, 3.05) is 4.93 Å². The van der Waals surface area contributed by atoms with Gasteiger partial charge in [-0.1, -0.05) is 0 Å².